The van der Waals surface area contributed by atoms with Gasteiger partial charge in [-0.25, -0.2) is 0 Å². The Morgan fingerprint density at radius 1 is 1.56 bits per heavy atom. The Morgan fingerprint density at radius 2 is 2.38 bits per heavy atom. The van der Waals surface area contributed by atoms with E-state index < -0.39 is 0 Å². The van der Waals surface area contributed by atoms with Gasteiger partial charge in [-0.15, -0.1) is 11.3 Å². The summed E-state index contributed by atoms with van der Waals surface area (Å²) >= 11 is 7.28. The molecule has 0 N–H and O–H groups in total. The SMILES string of the molecule is O=C(c1cnoc1C1CC1)c1sccc1Cl. The van der Waals surface area contributed by atoms with Gasteiger partial charge >= 0.3 is 0 Å². The Bertz CT molecular complexity index is 542. The number of hydrogen-bond donors (Lipinski definition) is 0. The standard InChI is InChI=1S/C11H8ClNO2S/c12-8-3-4-16-11(8)9(14)7-5-13-15-10(7)6-1-2-6/h3-6H,1-2H2. The second-order valence-electron chi connectivity index (χ2n) is 3.80. The molecule has 5 heteroatoms. The highest BCUT2D eigenvalue weighted by Crippen LogP contribution is 2.42. The average Bonchev–Trinajstić information content (AvgIpc) is 2.85. The third-order valence-electron chi connectivity index (χ3n) is 2.61. The molecule has 0 bridgehead atoms. The highest BCUT2D eigenvalue weighted by molar-refractivity contribution is 7.13. The number of thiophene rings is 1. The van der Waals surface area contributed by atoms with E-state index in [2.05, 4.69) is 5.16 Å². The maximum atomic E-state index is 12.2. The van der Waals surface area contributed by atoms with Gasteiger partial charge in [-0.05, 0) is 24.3 Å². The summed E-state index contributed by atoms with van der Waals surface area (Å²) in [5.41, 5.74) is 0.562. The highest BCUT2D eigenvalue weighted by atomic mass is 35.5. The Kier molecular flexibility index (Phi) is 2.33. The summed E-state index contributed by atoms with van der Waals surface area (Å²) in [6.45, 7) is 0. The molecular weight excluding hydrogens is 246 g/mol. The third kappa shape index (κ3) is 1.58. The van der Waals surface area contributed by atoms with E-state index in [1.165, 1.54) is 17.5 Å². The maximum absolute atomic E-state index is 12.2. The summed E-state index contributed by atoms with van der Waals surface area (Å²) in [6.07, 6.45) is 3.65. The molecule has 1 aliphatic rings. The second-order valence-corrected chi connectivity index (χ2v) is 5.13. The van der Waals surface area contributed by atoms with E-state index in [0.29, 0.717) is 21.4 Å². The average molecular weight is 254 g/mol. The lowest BCUT2D eigenvalue weighted by Gasteiger charge is -1.97. The molecule has 16 heavy (non-hydrogen) atoms. The summed E-state index contributed by atoms with van der Waals surface area (Å²) in [6, 6.07) is 1.73. The highest BCUT2D eigenvalue weighted by Gasteiger charge is 2.33. The topological polar surface area (TPSA) is 43.1 Å². The number of rotatable bonds is 3. The molecule has 2 aromatic heterocycles. The first-order valence-electron chi connectivity index (χ1n) is 4.99. The zero-order valence-corrected chi connectivity index (χ0v) is 9.85. The van der Waals surface area contributed by atoms with Gasteiger partial charge in [-0.1, -0.05) is 16.8 Å². The number of carbonyl (C=O) groups is 1. The van der Waals surface area contributed by atoms with Crippen molar-refractivity contribution in [1.29, 1.82) is 0 Å². The lowest BCUT2D eigenvalue weighted by Crippen LogP contribution is -2.00. The van der Waals surface area contributed by atoms with E-state index in [1.807, 2.05) is 0 Å². The molecule has 0 aromatic carbocycles. The predicted molar refractivity (Wildman–Crippen MR) is 61.2 cm³/mol. The lowest BCUT2D eigenvalue weighted by atomic mass is 10.1. The van der Waals surface area contributed by atoms with Crippen molar-refractivity contribution in [2.75, 3.05) is 0 Å². The third-order valence-corrected chi connectivity index (χ3v) is 3.95. The molecule has 1 aliphatic carbocycles. The molecular formula is C11H8ClNO2S. The van der Waals surface area contributed by atoms with Crippen molar-refractivity contribution in [2.45, 2.75) is 18.8 Å². The summed E-state index contributed by atoms with van der Waals surface area (Å²) in [4.78, 5) is 12.7. The van der Waals surface area contributed by atoms with E-state index in [-0.39, 0.29) is 5.78 Å². The van der Waals surface area contributed by atoms with Crippen molar-refractivity contribution in [3.63, 3.8) is 0 Å². The number of carbonyl (C=O) groups excluding carboxylic acids is 1. The van der Waals surface area contributed by atoms with Crippen molar-refractivity contribution in [1.82, 2.24) is 5.16 Å². The zero-order chi connectivity index (χ0) is 11.1. The summed E-state index contributed by atoms with van der Waals surface area (Å²) in [7, 11) is 0. The van der Waals surface area contributed by atoms with Crippen LogP contribution in [0.3, 0.4) is 0 Å². The van der Waals surface area contributed by atoms with Crippen LogP contribution in [0, 0.1) is 0 Å². The van der Waals surface area contributed by atoms with Gasteiger partial charge in [0.1, 0.15) is 0 Å². The van der Waals surface area contributed by atoms with Crippen molar-refractivity contribution in [2.24, 2.45) is 0 Å². The van der Waals surface area contributed by atoms with Gasteiger partial charge in [-0.3, -0.25) is 4.79 Å². The largest absolute Gasteiger partial charge is 0.360 e. The first-order valence-corrected chi connectivity index (χ1v) is 6.25. The molecule has 2 heterocycles. The van der Waals surface area contributed by atoms with Gasteiger partial charge < -0.3 is 4.52 Å². The van der Waals surface area contributed by atoms with Crippen LogP contribution in [0.25, 0.3) is 0 Å². The van der Waals surface area contributed by atoms with Crippen LogP contribution in [0.2, 0.25) is 5.02 Å². The number of nitrogens with zero attached hydrogens (tertiary/aromatic N) is 1. The summed E-state index contributed by atoms with van der Waals surface area (Å²) in [5, 5.41) is 6.01. The lowest BCUT2D eigenvalue weighted by molar-refractivity contribution is 0.104. The molecule has 3 rings (SSSR count). The quantitative estimate of drug-likeness (QED) is 0.787. The molecule has 0 spiro atoms. The number of hydrogen-bond acceptors (Lipinski definition) is 4. The zero-order valence-electron chi connectivity index (χ0n) is 8.27. The number of halogens is 1. The minimum Gasteiger partial charge on any atom is -0.360 e. The molecule has 3 nitrogen and oxygen atoms in total. The molecule has 1 fully saturated rings. The first kappa shape index (κ1) is 10.1. The molecule has 0 unspecified atom stereocenters. The van der Waals surface area contributed by atoms with Crippen molar-refractivity contribution < 1.29 is 9.32 Å². The smallest absolute Gasteiger partial charge is 0.209 e. The molecule has 1 saturated carbocycles. The van der Waals surface area contributed by atoms with Crippen molar-refractivity contribution >= 4 is 28.7 Å². The van der Waals surface area contributed by atoms with E-state index in [4.69, 9.17) is 16.1 Å². The van der Waals surface area contributed by atoms with Crippen LogP contribution < -0.4 is 0 Å². The van der Waals surface area contributed by atoms with Gasteiger partial charge in [0.2, 0.25) is 5.78 Å². The first-order chi connectivity index (χ1) is 7.77. The van der Waals surface area contributed by atoms with Gasteiger partial charge in [-0.2, -0.15) is 0 Å². The van der Waals surface area contributed by atoms with E-state index in [0.717, 1.165) is 18.6 Å². The van der Waals surface area contributed by atoms with Crippen LogP contribution >= 0.6 is 22.9 Å². The minimum absolute atomic E-state index is 0.0804. The molecule has 0 saturated heterocycles. The fourth-order valence-electron chi connectivity index (χ4n) is 1.64. The monoisotopic (exact) mass is 253 g/mol. The molecule has 0 atom stereocenters. The maximum Gasteiger partial charge on any atom is 0.209 e. The summed E-state index contributed by atoms with van der Waals surface area (Å²) in [5.74, 6) is 1.01. The van der Waals surface area contributed by atoms with E-state index in [1.54, 1.807) is 11.4 Å². The van der Waals surface area contributed by atoms with Crippen LogP contribution in [0.4, 0.5) is 0 Å². The van der Waals surface area contributed by atoms with Gasteiger partial charge in [0, 0.05) is 5.92 Å². The van der Waals surface area contributed by atoms with Crippen molar-refractivity contribution in [3.8, 4) is 0 Å². The Morgan fingerprint density at radius 3 is 3.00 bits per heavy atom. The van der Waals surface area contributed by atoms with Crippen molar-refractivity contribution in [3.05, 3.63) is 38.9 Å². The van der Waals surface area contributed by atoms with Crippen LogP contribution in [0.1, 0.15) is 39.8 Å². The number of aromatic nitrogens is 1. The Balaban J connectivity index is 2.00. The number of ketones is 1. The van der Waals surface area contributed by atoms with Gasteiger partial charge in [0.25, 0.3) is 0 Å². The van der Waals surface area contributed by atoms with E-state index >= 15 is 0 Å². The summed E-state index contributed by atoms with van der Waals surface area (Å²) < 4.78 is 5.14. The minimum atomic E-state index is -0.0804. The Labute approximate surface area is 101 Å². The van der Waals surface area contributed by atoms with Crippen LogP contribution in [0.5, 0.6) is 0 Å². The van der Waals surface area contributed by atoms with Crippen LogP contribution in [-0.4, -0.2) is 10.9 Å². The second kappa shape index (κ2) is 3.71. The van der Waals surface area contributed by atoms with Crippen LogP contribution in [-0.2, 0) is 0 Å². The molecule has 0 amide bonds. The van der Waals surface area contributed by atoms with Gasteiger partial charge in [0.05, 0.1) is 21.7 Å². The molecule has 82 valence electrons. The predicted octanol–water partition coefficient (Wildman–Crippen LogP) is 3.50. The Hall–Kier alpha value is -1.13. The van der Waals surface area contributed by atoms with Crippen LogP contribution in [0.15, 0.2) is 22.2 Å². The molecule has 2 aromatic rings. The molecule has 0 radical (unpaired) electrons. The normalized spacial score (nSPS) is 15.3. The van der Waals surface area contributed by atoms with E-state index in [9.17, 15) is 4.79 Å². The molecule has 0 aliphatic heterocycles. The van der Waals surface area contributed by atoms with Gasteiger partial charge in [0.15, 0.2) is 5.76 Å². The fourth-order valence-corrected chi connectivity index (χ4v) is 2.73. The fraction of sp³-hybridized carbons (Fsp3) is 0.273.